The van der Waals surface area contributed by atoms with Crippen LogP contribution in [-0.4, -0.2) is 38.0 Å². The molecule has 2 aliphatic rings. The highest BCUT2D eigenvalue weighted by Gasteiger charge is 2.44. The van der Waals surface area contributed by atoms with Crippen molar-refractivity contribution in [2.24, 2.45) is 0 Å². The second-order valence-electron chi connectivity index (χ2n) is 5.84. The number of hydrogen-bond donors (Lipinski definition) is 4. The highest BCUT2D eigenvalue weighted by atomic mass is 35.5. The summed E-state index contributed by atoms with van der Waals surface area (Å²) in [6.45, 7) is 0. The van der Waals surface area contributed by atoms with Gasteiger partial charge in [0.2, 0.25) is 6.41 Å². The van der Waals surface area contributed by atoms with Gasteiger partial charge in [-0.25, -0.2) is 4.90 Å². The molecule has 3 atom stereocenters. The van der Waals surface area contributed by atoms with Crippen molar-refractivity contribution in [1.29, 1.82) is 0 Å². The van der Waals surface area contributed by atoms with E-state index < -0.39 is 18.7 Å². The third kappa shape index (κ3) is 2.29. The predicted octanol–water partition coefficient (Wildman–Crippen LogP) is 1.31. The first-order valence-electron chi connectivity index (χ1n) is 7.30. The summed E-state index contributed by atoms with van der Waals surface area (Å²) in [7, 11) is 0. The Labute approximate surface area is 139 Å². The Morgan fingerprint density at radius 1 is 0.957 bits per heavy atom. The highest BCUT2D eigenvalue weighted by molar-refractivity contribution is 5.85. The van der Waals surface area contributed by atoms with E-state index in [4.69, 9.17) is 0 Å². The van der Waals surface area contributed by atoms with Gasteiger partial charge in [0, 0.05) is 6.04 Å². The van der Waals surface area contributed by atoms with E-state index in [1.54, 1.807) is 6.07 Å². The third-order valence-corrected chi connectivity index (χ3v) is 4.73. The van der Waals surface area contributed by atoms with Crippen LogP contribution in [0.15, 0.2) is 42.5 Å². The van der Waals surface area contributed by atoms with Gasteiger partial charge in [-0.2, -0.15) is 0 Å². The lowest BCUT2D eigenvalue weighted by Gasteiger charge is -2.46. The second kappa shape index (κ2) is 5.87. The molecule has 2 aromatic rings. The Kier molecular flexibility index (Phi) is 4.18. The molecule has 4 rings (SSSR count). The van der Waals surface area contributed by atoms with Gasteiger partial charge in [-0.1, -0.05) is 42.5 Å². The molecule has 5 nitrogen and oxygen atoms in total. The maximum Gasteiger partial charge on any atom is 0.216 e. The number of aliphatic hydroxyl groups is 4. The average Bonchev–Trinajstić information content (AvgIpc) is 2.52. The van der Waals surface area contributed by atoms with Crippen LogP contribution in [0.4, 0.5) is 0 Å². The van der Waals surface area contributed by atoms with E-state index in [2.05, 4.69) is 0 Å². The Hall–Kier alpha value is -1.47. The van der Waals surface area contributed by atoms with E-state index in [1.165, 1.54) is 0 Å². The lowest BCUT2D eigenvalue weighted by molar-refractivity contribution is -0.250. The van der Waals surface area contributed by atoms with E-state index in [-0.39, 0.29) is 18.4 Å². The van der Waals surface area contributed by atoms with Crippen molar-refractivity contribution in [2.45, 2.75) is 31.2 Å². The zero-order valence-corrected chi connectivity index (χ0v) is 13.0. The highest BCUT2D eigenvalue weighted by Crippen LogP contribution is 2.48. The second-order valence-corrected chi connectivity index (χ2v) is 5.84. The smallest absolute Gasteiger partial charge is 0.216 e. The number of fused-ring (bicyclic) bond motifs is 2. The zero-order valence-electron chi connectivity index (χ0n) is 12.2. The maximum atomic E-state index is 10.3. The van der Waals surface area contributed by atoms with Crippen molar-refractivity contribution in [3.63, 3.8) is 0 Å². The van der Waals surface area contributed by atoms with Crippen LogP contribution < -0.4 is 0 Å². The van der Waals surface area contributed by atoms with E-state index in [0.29, 0.717) is 12.0 Å². The summed E-state index contributed by atoms with van der Waals surface area (Å²) in [6, 6.07) is 13.2. The van der Waals surface area contributed by atoms with Gasteiger partial charge in [-0.3, -0.25) is 0 Å². The van der Waals surface area contributed by atoms with Gasteiger partial charge >= 0.3 is 0 Å². The quantitative estimate of drug-likeness (QED) is 0.591. The molecule has 0 saturated carbocycles. The number of aliphatic hydroxyl groups excluding tert-OH is 3. The van der Waals surface area contributed by atoms with E-state index in [1.807, 2.05) is 36.4 Å². The Bertz CT molecular complexity index is 736. The maximum absolute atomic E-state index is 10.3. The third-order valence-electron chi connectivity index (χ3n) is 4.73. The van der Waals surface area contributed by atoms with Crippen LogP contribution >= 0.6 is 12.4 Å². The summed E-state index contributed by atoms with van der Waals surface area (Å²) in [4.78, 5) is 1.16. The van der Waals surface area contributed by atoms with Crippen molar-refractivity contribution >= 4 is 12.4 Å². The lowest BCUT2D eigenvalue weighted by atomic mass is 9.76. The van der Waals surface area contributed by atoms with Crippen LogP contribution in [0.2, 0.25) is 0 Å². The first-order valence-corrected chi connectivity index (χ1v) is 7.30. The number of rotatable bonds is 1. The number of halogens is 1. The molecule has 23 heavy (non-hydrogen) atoms. The number of nitrogens with zero attached hydrogens (tertiary/aromatic N) is 1. The minimum atomic E-state index is -1.83. The molecule has 6 heteroatoms. The summed E-state index contributed by atoms with van der Waals surface area (Å²) >= 11 is 0. The fraction of sp³-hybridized carbons (Fsp3) is 0.294. The van der Waals surface area contributed by atoms with Crippen molar-refractivity contribution in [3.05, 3.63) is 59.2 Å². The van der Waals surface area contributed by atoms with Crippen LogP contribution in [0.3, 0.4) is 0 Å². The van der Waals surface area contributed by atoms with Crippen molar-refractivity contribution < 1.29 is 20.4 Å². The minimum Gasteiger partial charge on any atom is -0.384 e. The lowest BCUT2D eigenvalue weighted by Crippen LogP contribution is -2.52. The molecule has 1 aliphatic heterocycles. The summed E-state index contributed by atoms with van der Waals surface area (Å²) in [5.41, 5.74) is 4.67. The summed E-state index contributed by atoms with van der Waals surface area (Å²) in [5.74, 6) is 0. The Morgan fingerprint density at radius 2 is 1.65 bits per heavy atom. The van der Waals surface area contributed by atoms with Crippen LogP contribution in [0.25, 0.3) is 11.1 Å². The Balaban J connectivity index is 0.00000156. The van der Waals surface area contributed by atoms with Crippen LogP contribution in [0.1, 0.15) is 28.8 Å². The van der Waals surface area contributed by atoms with Crippen molar-refractivity contribution in [2.75, 3.05) is 0 Å². The number of hydrogen-bond acceptors (Lipinski definition) is 5. The van der Waals surface area contributed by atoms with Crippen LogP contribution in [0, 0.1) is 0 Å². The van der Waals surface area contributed by atoms with E-state index >= 15 is 0 Å². The predicted molar refractivity (Wildman–Crippen MR) is 86.6 cm³/mol. The van der Waals surface area contributed by atoms with Gasteiger partial charge in [0.25, 0.3) is 0 Å². The van der Waals surface area contributed by atoms with Crippen LogP contribution in [-0.2, 0) is 6.42 Å². The molecule has 2 aromatic carbocycles. The summed E-state index contributed by atoms with van der Waals surface area (Å²) < 4.78 is 0. The molecular formula is C17H18ClNO4. The Morgan fingerprint density at radius 3 is 2.39 bits per heavy atom. The van der Waals surface area contributed by atoms with E-state index in [9.17, 15) is 20.4 Å². The molecule has 1 heterocycles. The topological polar surface area (TPSA) is 84.2 Å². The normalized spacial score (nSPS) is 25.5. The first kappa shape index (κ1) is 16.4. The van der Waals surface area contributed by atoms with Gasteiger partial charge in [0.15, 0.2) is 0 Å². The van der Waals surface area contributed by atoms with Crippen molar-refractivity contribution in [3.8, 4) is 11.1 Å². The fourth-order valence-corrected chi connectivity index (χ4v) is 3.78. The van der Waals surface area contributed by atoms with E-state index in [0.717, 1.165) is 27.2 Å². The monoisotopic (exact) mass is 335 g/mol. The summed E-state index contributed by atoms with van der Waals surface area (Å²) in [6.07, 6.45) is -3.79. The van der Waals surface area contributed by atoms with Gasteiger partial charge in [-0.05, 0) is 34.2 Å². The zero-order chi connectivity index (χ0) is 15.4. The van der Waals surface area contributed by atoms with Gasteiger partial charge in [0.1, 0.15) is 12.3 Å². The summed E-state index contributed by atoms with van der Waals surface area (Å²) in [5, 5.41) is 40.0. The van der Waals surface area contributed by atoms with Gasteiger partial charge in [-0.15, -0.1) is 12.4 Å². The van der Waals surface area contributed by atoms with Crippen LogP contribution in [0.5, 0.6) is 0 Å². The molecule has 1 aliphatic carbocycles. The largest absolute Gasteiger partial charge is 0.384 e. The van der Waals surface area contributed by atoms with Crippen molar-refractivity contribution in [1.82, 2.24) is 4.90 Å². The standard InChI is InChI=1S/C17H17NO4.ClH/c19-15-12-7-3-6-11-10-5-2-1-4-9(10)8-13(14(11)12)18(16(15)20)17(21)22;/h1-7,13,15-17,19-22H,8H2;1H. The SMILES string of the molecule is Cl.OC1c2cccc3c2C(Cc2ccccc2-3)N(C(O)O)C1O. The molecule has 122 valence electrons. The molecule has 0 saturated heterocycles. The molecule has 0 radical (unpaired) electrons. The molecular weight excluding hydrogens is 318 g/mol. The van der Waals surface area contributed by atoms with Gasteiger partial charge in [0.05, 0.1) is 0 Å². The molecule has 0 amide bonds. The number of benzene rings is 2. The van der Waals surface area contributed by atoms with Gasteiger partial charge < -0.3 is 20.4 Å². The first-order chi connectivity index (χ1) is 10.6. The molecule has 4 N–H and O–H groups in total. The molecule has 0 spiro atoms. The molecule has 3 unspecified atom stereocenters. The fourth-order valence-electron chi connectivity index (χ4n) is 3.78. The molecule has 0 fully saturated rings. The average molecular weight is 336 g/mol. The molecule has 0 aromatic heterocycles. The molecule has 0 bridgehead atoms. The minimum absolute atomic E-state index is 0.